The molecular weight excluding hydrogens is 456 g/mol. The van der Waals surface area contributed by atoms with Gasteiger partial charge < -0.3 is 0 Å². The molecule has 10 heteroatoms. The number of pyridine rings is 1. The SMILES string of the molecule is O=C(CS(=O)(=O)Cc1ccccc1)N(Cc1cccnc1)c1nc2c(F)cc(F)cc2s1. The zero-order valence-corrected chi connectivity index (χ0v) is 18.2. The number of halogens is 2. The summed E-state index contributed by atoms with van der Waals surface area (Å²) >= 11 is 0.910. The van der Waals surface area contributed by atoms with Gasteiger partial charge in [-0.15, -0.1) is 0 Å². The minimum atomic E-state index is -3.79. The second-order valence-corrected chi connectivity index (χ2v) is 10.2. The minimum absolute atomic E-state index is 0.0164. The third-order valence-electron chi connectivity index (χ3n) is 4.57. The van der Waals surface area contributed by atoms with Gasteiger partial charge in [0, 0.05) is 18.5 Å². The maximum Gasteiger partial charge on any atom is 0.244 e. The highest BCUT2D eigenvalue weighted by Gasteiger charge is 2.26. The van der Waals surface area contributed by atoms with E-state index in [0.29, 0.717) is 17.2 Å². The summed E-state index contributed by atoms with van der Waals surface area (Å²) in [4.78, 5) is 22.4. The standard InChI is InChI=1S/C22H17F2N3O3S2/c23-17-9-18(24)21-19(10-17)31-22(26-21)27(12-16-7-4-8-25-11-16)20(28)14-32(29,30)13-15-5-2-1-3-6-15/h1-11H,12-14H2. The lowest BCUT2D eigenvalue weighted by Crippen LogP contribution is -2.35. The number of hydrogen-bond acceptors (Lipinski definition) is 6. The summed E-state index contributed by atoms with van der Waals surface area (Å²) in [6.07, 6.45) is 3.10. The predicted molar refractivity (Wildman–Crippen MR) is 119 cm³/mol. The molecule has 0 atom stereocenters. The third kappa shape index (κ3) is 5.14. The average Bonchev–Trinajstić information content (AvgIpc) is 3.16. The van der Waals surface area contributed by atoms with Crippen LogP contribution in [0, 0.1) is 11.6 Å². The van der Waals surface area contributed by atoms with Crippen LogP contribution in [0.5, 0.6) is 0 Å². The summed E-state index contributed by atoms with van der Waals surface area (Å²) in [5.41, 5.74) is 1.12. The lowest BCUT2D eigenvalue weighted by atomic mass is 10.2. The van der Waals surface area contributed by atoms with Crippen LogP contribution in [0.3, 0.4) is 0 Å². The highest BCUT2D eigenvalue weighted by atomic mass is 32.2. The first-order chi connectivity index (χ1) is 15.3. The van der Waals surface area contributed by atoms with E-state index >= 15 is 0 Å². The van der Waals surface area contributed by atoms with Gasteiger partial charge in [-0.2, -0.15) is 0 Å². The molecule has 0 saturated carbocycles. The van der Waals surface area contributed by atoms with E-state index in [9.17, 15) is 22.0 Å². The number of hydrogen-bond donors (Lipinski definition) is 0. The third-order valence-corrected chi connectivity index (χ3v) is 7.06. The van der Waals surface area contributed by atoms with Crippen molar-refractivity contribution in [2.24, 2.45) is 0 Å². The summed E-state index contributed by atoms with van der Waals surface area (Å²) in [5.74, 6) is -3.38. The van der Waals surface area contributed by atoms with Gasteiger partial charge in [-0.25, -0.2) is 22.2 Å². The molecule has 2 aromatic carbocycles. The van der Waals surface area contributed by atoms with Gasteiger partial charge in [-0.05, 0) is 23.3 Å². The van der Waals surface area contributed by atoms with Crippen molar-refractivity contribution in [3.63, 3.8) is 0 Å². The maximum atomic E-state index is 14.2. The van der Waals surface area contributed by atoms with Crippen LogP contribution in [0.2, 0.25) is 0 Å². The number of nitrogens with zero attached hydrogens (tertiary/aromatic N) is 3. The van der Waals surface area contributed by atoms with Gasteiger partial charge in [0.15, 0.2) is 20.8 Å². The molecular formula is C22H17F2N3O3S2. The summed E-state index contributed by atoms with van der Waals surface area (Å²) in [7, 11) is -3.79. The molecule has 1 amide bonds. The number of aromatic nitrogens is 2. The first-order valence-electron chi connectivity index (χ1n) is 9.50. The monoisotopic (exact) mass is 473 g/mol. The molecule has 0 aliphatic heterocycles. The van der Waals surface area contributed by atoms with Crippen molar-refractivity contribution < 1.29 is 22.0 Å². The fraction of sp³-hybridized carbons (Fsp3) is 0.136. The number of carbonyl (C=O) groups is 1. The maximum absolute atomic E-state index is 14.2. The summed E-state index contributed by atoms with van der Waals surface area (Å²) in [6.45, 7) is -0.0164. The van der Waals surface area contributed by atoms with Crippen molar-refractivity contribution in [1.29, 1.82) is 0 Å². The molecule has 0 radical (unpaired) electrons. The number of rotatable bonds is 7. The Morgan fingerprint density at radius 2 is 1.78 bits per heavy atom. The van der Waals surface area contributed by atoms with E-state index in [1.54, 1.807) is 48.7 Å². The zero-order chi connectivity index (χ0) is 22.7. The number of thiazole rings is 1. The molecule has 164 valence electrons. The van der Waals surface area contributed by atoms with Gasteiger partial charge in [0.25, 0.3) is 0 Å². The van der Waals surface area contributed by atoms with Gasteiger partial charge in [-0.1, -0.05) is 47.7 Å². The van der Waals surface area contributed by atoms with Crippen molar-refractivity contribution in [2.45, 2.75) is 12.3 Å². The minimum Gasteiger partial charge on any atom is -0.283 e. The van der Waals surface area contributed by atoms with Crippen LogP contribution in [0.25, 0.3) is 10.2 Å². The Kier molecular flexibility index (Phi) is 6.24. The van der Waals surface area contributed by atoms with Gasteiger partial charge in [0.2, 0.25) is 5.91 Å². The van der Waals surface area contributed by atoms with Crippen LogP contribution in [-0.4, -0.2) is 30.0 Å². The second kappa shape index (κ2) is 9.09. The molecule has 2 heterocycles. The fourth-order valence-corrected chi connectivity index (χ4v) is 5.50. The van der Waals surface area contributed by atoms with E-state index in [1.165, 1.54) is 11.1 Å². The van der Waals surface area contributed by atoms with Crippen molar-refractivity contribution in [3.8, 4) is 0 Å². The zero-order valence-electron chi connectivity index (χ0n) is 16.6. The Balaban J connectivity index is 1.66. The highest BCUT2D eigenvalue weighted by molar-refractivity contribution is 7.91. The lowest BCUT2D eigenvalue weighted by molar-refractivity contribution is -0.116. The van der Waals surface area contributed by atoms with Crippen LogP contribution >= 0.6 is 11.3 Å². The summed E-state index contributed by atoms with van der Waals surface area (Å²) in [5, 5.41) is 0.0771. The number of carbonyl (C=O) groups excluding carboxylic acids is 1. The van der Waals surface area contributed by atoms with E-state index in [4.69, 9.17) is 0 Å². The van der Waals surface area contributed by atoms with Crippen LogP contribution in [0.4, 0.5) is 13.9 Å². The first-order valence-corrected chi connectivity index (χ1v) is 12.1. The molecule has 32 heavy (non-hydrogen) atoms. The quantitative estimate of drug-likeness (QED) is 0.403. The van der Waals surface area contributed by atoms with E-state index in [0.717, 1.165) is 17.4 Å². The molecule has 4 aromatic rings. The Morgan fingerprint density at radius 3 is 2.50 bits per heavy atom. The van der Waals surface area contributed by atoms with Gasteiger partial charge in [-0.3, -0.25) is 14.7 Å². The van der Waals surface area contributed by atoms with E-state index in [-0.39, 0.29) is 27.6 Å². The average molecular weight is 474 g/mol. The lowest BCUT2D eigenvalue weighted by Gasteiger charge is -2.20. The summed E-state index contributed by atoms with van der Waals surface area (Å²) in [6, 6.07) is 13.8. The molecule has 4 rings (SSSR count). The molecule has 0 fully saturated rings. The van der Waals surface area contributed by atoms with Crippen LogP contribution in [-0.2, 0) is 26.9 Å². The van der Waals surface area contributed by atoms with Gasteiger partial charge in [0.05, 0.1) is 17.0 Å². The van der Waals surface area contributed by atoms with Crippen molar-refractivity contribution >= 4 is 42.4 Å². The van der Waals surface area contributed by atoms with Crippen molar-refractivity contribution in [2.75, 3.05) is 10.7 Å². The fourth-order valence-electron chi connectivity index (χ4n) is 3.14. The highest BCUT2D eigenvalue weighted by Crippen LogP contribution is 2.32. The van der Waals surface area contributed by atoms with Crippen LogP contribution in [0.1, 0.15) is 11.1 Å². The topological polar surface area (TPSA) is 80.2 Å². The van der Waals surface area contributed by atoms with Crippen molar-refractivity contribution in [1.82, 2.24) is 9.97 Å². The van der Waals surface area contributed by atoms with Crippen molar-refractivity contribution in [3.05, 3.63) is 89.8 Å². The smallest absolute Gasteiger partial charge is 0.244 e. The number of anilines is 1. The molecule has 6 nitrogen and oxygen atoms in total. The molecule has 0 saturated heterocycles. The molecule has 0 unspecified atom stereocenters. The van der Waals surface area contributed by atoms with Crippen LogP contribution < -0.4 is 4.90 Å². The Hall–Kier alpha value is -3.24. The Bertz CT molecular complexity index is 1360. The van der Waals surface area contributed by atoms with E-state index in [2.05, 4.69) is 9.97 Å². The summed E-state index contributed by atoms with van der Waals surface area (Å²) < 4.78 is 53.4. The van der Waals surface area contributed by atoms with Gasteiger partial charge >= 0.3 is 0 Å². The van der Waals surface area contributed by atoms with Gasteiger partial charge in [0.1, 0.15) is 17.1 Å². The molecule has 0 spiro atoms. The second-order valence-electron chi connectivity index (χ2n) is 7.09. The largest absolute Gasteiger partial charge is 0.283 e. The predicted octanol–water partition coefficient (Wildman–Crippen LogP) is 4.12. The van der Waals surface area contributed by atoms with E-state index < -0.39 is 33.1 Å². The van der Waals surface area contributed by atoms with Crippen LogP contribution in [0.15, 0.2) is 67.0 Å². The molecule has 0 N–H and O–H groups in total. The molecule has 2 aromatic heterocycles. The molecule has 0 aliphatic rings. The number of amides is 1. The first kappa shape index (κ1) is 22.0. The number of benzene rings is 2. The normalized spacial score (nSPS) is 11.6. The molecule has 0 aliphatic carbocycles. The Labute approximate surface area is 187 Å². The number of sulfone groups is 1. The number of fused-ring (bicyclic) bond motifs is 1. The Morgan fingerprint density at radius 1 is 1.03 bits per heavy atom. The van der Waals surface area contributed by atoms with E-state index in [1.807, 2.05) is 0 Å². The molecule has 0 bridgehead atoms.